The molecule has 222 valence electrons. The van der Waals surface area contributed by atoms with E-state index >= 15 is 0 Å². The zero-order valence-electron chi connectivity index (χ0n) is 24.2. The number of methoxy groups -OCH3 is 1. The average molecular weight is 597 g/mol. The minimum absolute atomic E-state index is 0.0338. The summed E-state index contributed by atoms with van der Waals surface area (Å²) in [5, 5.41) is 11.4. The molecule has 1 fully saturated rings. The highest BCUT2D eigenvalue weighted by atomic mass is 32.1. The third kappa shape index (κ3) is 6.01. The van der Waals surface area contributed by atoms with Gasteiger partial charge in [0.05, 0.1) is 37.6 Å². The highest BCUT2D eigenvalue weighted by Gasteiger charge is 2.48. The lowest BCUT2D eigenvalue weighted by Crippen LogP contribution is -2.29. The van der Waals surface area contributed by atoms with Gasteiger partial charge < -0.3 is 19.3 Å². The molecule has 42 heavy (non-hydrogen) atoms. The van der Waals surface area contributed by atoms with Crippen LogP contribution in [-0.2, 0) is 14.3 Å². The Kier molecular flexibility index (Phi) is 9.62. The number of halogens is 1. The highest BCUT2D eigenvalue weighted by molar-refractivity contribution is 7.17. The molecule has 3 aromatic rings. The minimum Gasteiger partial charge on any atom is -0.507 e. The number of hydrogen-bond donors (Lipinski definition) is 1. The van der Waals surface area contributed by atoms with Gasteiger partial charge in [0, 0.05) is 5.56 Å². The third-order valence-corrected chi connectivity index (χ3v) is 7.99. The number of ketones is 1. The lowest BCUT2D eigenvalue weighted by atomic mass is 9.94. The number of aliphatic hydroxyl groups is 1. The summed E-state index contributed by atoms with van der Waals surface area (Å²) in [7, 11) is 1.47. The first-order chi connectivity index (χ1) is 20.1. The van der Waals surface area contributed by atoms with E-state index in [9.17, 15) is 23.9 Å². The maximum Gasteiger partial charge on any atom is 0.350 e. The summed E-state index contributed by atoms with van der Waals surface area (Å²) in [6.07, 6.45) is 2.91. The van der Waals surface area contributed by atoms with Crippen LogP contribution in [0.1, 0.15) is 71.2 Å². The summed E-state index contributed by atoms with van der Waals surface area (Å²) in [4.78, 5) is 45.3. The highest BCUT2D eigenvalue weighted by Crippen LogP contribution is 2.45. The molecule has 1 aliphatic rings. The number of Topliss-reactive ketones (excluding diaryl/α,β-unsaturated/α-hetero) is 1. The van der Waals surface area contributed by atoms with Crippen molar-refractivity contribution >= 4 is 39.9 Å². The predicted molar refractivity (Wildman–Crippen MR) is 157 cm³/mol. The second-order valence-corrected chi connectivity index (χ2v) is 10.7. The Bertz CT molecular complexity index is 1550. The Morgan fingerprint density at radius 2 is 1.86 bits per heavy atom. The van der Waals surface area contributed by atoms with Crippen LogP contribution < -0.4 is 14.4 Å². The van der Waals surface area contributed by atoms with Gasteiger partial charge in [0.25, 0.3) is 5.78 Å². The van der Waals surface area contributed by atoms with E-state index in [2.05, 4.69) is 11.9 Å². The van der Waals surface area contributed by atoms with Crippen LogP contribution >= 0.6 is 11.3 Å². The van der Waals surface area contributed by atoms with Crippen molar-refractivity contribution < 1.29 is 38.1 Å². The zero-order valence-corrected chi connectivity index (χ0v) is 25.0. The normalized spacial score (nSPS) is 16.1. The average Bonchev–Trinajstić information content (AvgIpc) is 3.48. The molecule has 2 aromatic carbocycles. The van der Waals surface area contributed by atoms with E-state index in [1.165, 1.54) is 19.2 Å². The minimum atomic E-state index is -1.17. The van der Waals surface area contributed by atoms with Crippen molar-refractivity contribution in [3.63, 3.8) is 0 Å². The van der Waals surface area contributed by atoms with Crippen LogP contribution in [0.5, 0.6) is 11.5 Å². The second kappa shape index (κ2) is 13.2. The van der Waals surface area contributed by atoms with E-state index in [4.69, 9.17) is 14.2 Å². The van der Waals surface area contributed by atoms with E-state index in [-0.39, 0.29) is 27.8 Å². The van der Waals surface area contributed by atoms with Gasteiger partial charge in [-0.3, -0.25) is 14.5 Å². The van der Waals surface area contributed by atoms with Gasteiger partial charge in [0.1, 0.15) is 16.5 Å². The SMILES string of the molecule is CCCCCOc1ccc(C2C(=C(O)c3ccc(C)c(F)c3)C(=O)C(=O)N2c2nc(C)c(C(=O)OCC)s2)cc1OC. The van der Waals surface area contributed by atoms with Crippen LogP contribution in [0.3, 0.4) is 0 Å². The summed E-state index contributed by atoms with van der Waals surface area (Å²) in [5.74, 6) is -2.83. The Labute approximate surface area is 247 Å². The Morgan fingerprint density at radius 3 is 2.52 bits per heavy atom. The lowest BCUT2D eigenvalue weighted by molar-refractivity contribution is -0.132. The number of aliphatic hydroxyl groups excluding tert-OH is 1. The first kappa shape index (κ1) is 30.7. The maximum atomic E-state index is 14.5. The van der Waals surface area contributed by atoms with Crippen molar-refractivity contribution in [2.24, 2.45) is 0 Å². The molecule has 0 saturated carbocycles. The summed E-state index contributed by atoms with van der Waals surface area (Å²) in [5.41, 5.74) is 0.862. The topological polar surface area (TPSA) is 115 Å². The summed E-state index contributed by atoms with van der Waals surface area (Å²) in [6.45, 7) is 7.57. The zero-order chi connectivity index (χ0) is 30.6. The molecule has 1 unspecified atom stereocenters. The van der Waals surface area contributed by atoms with Crippen molar-refractivity contribution in [3.05, 3.63) is 75.0 Å². The number of amides is 1. The van der Waals surface area contributed by atoms with E-state index in [0.717, 1.165) is 41.6 Å². The quantitative estimate of drug-likeness (QED) is 0.0904. The number of thiazole rings is 1. The van der Waals surface area contributed by atoms with Crippen LogP contribution in [0, 0.1) is 19.7 Å². The van der Waals surface area contributed by atoms with E-state index in [1.54, 1.807) is 39.0 Å². The Hall–Kier alpha value is -4.25. The number of carbonyl (C=O) groups excluding carboxylic acids is 3. The smallest absolute Gasteiger partial charge is 0.350 e. The number of rotatable bonds is 11. The summed E-state index contributed by atoms with van der Waals surface area (Å²) in [6, 6.07) is 7.83. The van der Waals surface area contributed by atoms with E-state index in [1.807, 2.05) is 0 Å². The number of aromatic nitrogens is 1. The number of hydrogen-bond acceptors (Lipinski definition) is 9. The monoisotopic (exact) mass is 596 g/mol. The standard InChI is InChI=1S/C31H33FN2O7S/c1-6-8-9-14-41-22-13-12-19(16-23(22)39-5)25-24(26(35)20-11-10-17(3)21(32)15-20)27(36)29(37)34(25)31-33-18(4)28(42-31)30(38)40-7-2/h10-13,15-16,25,35H,6-9,14H2,1-5H3. The molecule has 9 nitrogen and oxygen atoms in total. The molecule has 1 atom stereocenters. The van der Waals surface area contributed by atoms with Crippen molar-refractivity contribution in [1.82, 2.24) is 4.98 Å². The number of ether oxygens (including phenoxy) is 3. The van der Waals surface area contributed by atoms with Crippen molar-refractivity contribution in [3.8, 4) is 11.5 Å². The van der Waals surface area contributed by atoms with Crippen molar-refractivity contribution in [1.29, 1.82) is 0 Å². The van der Waals surface area contributed by atoms with Crippen molar-refractivity contribution in [2.75, 3.05) is 25.2 Å². The molecular weight excluding hydrogens is 563 g/mol. The molecule has 1 saturated heterocycles. The van der Waals surface area contributed by atoms with Crippen LogP contribution in [0.15, 0.2) is 42.0 Å². The van der Waals surface area contributed by atoms with E-state index < -0.39 is 35.3 Å². The lowest BCUT2D eigenvalue weighted by Gasteiger charge is -2.24. The molecule has 0 spiro atoms. The molecule has 1 amide bonds. The second-order valence-electron chi connectivity index (χ2n) is 9.73. The first-order valence-electron chi connectivity index (χ1n) is 13.7. The number of esters is 1. The maximum absolute atomic E-state index is 14.5. The largest absolute Gasteiger partial charge is 0.507 e. The number of nitrogens with zero attached hydrogens (tertiary/aromatic N) is 2. The van der Waals surface area contributed by atoms with Gasteiger partial charge in [0.15, 0.2) is 16.6 Å². The predicted octanol–water partition coefficient (Wildman–Crippen LogP) is 6.28. The number of carbonyl (C=O) groups is 3. The van der Waals surface area contributed by atoms with Crippen LogP contribution in [0.4, 0.5) is 9.52 Å². The van der Waals surface area contributed by atoms with Crippen LogP contribution in [0.25, 0.3) is 5.76 Å². The molecule has 1 aliphatic heterocycles. The Balaban J connectivity index is 1.88. The van der Waals surface area contributed by atoms with Crippen LogP contribution in [0.2, 0.25) is 0 Å². The molecule has 2 heterocycles. The molecule has 0 aliphatic carbocycles. The van der Waals surface area contributed by atoms with Gasteiger partial charge in [0.2, 0.25) is 0 Å². The molecule has 1 N–H and O–H groups in total. The van der Waals surface area contributed by atoms with E-state index in [0.29, 0.717) is 34.9 Å². The fourth-order valence-corrected chi connectivity index (χ4v) is 5.61. The number of anilines is 1. The molecule has 0 radical (unpaired) electrons. The molecule has 4 rings (SSSR count). The molecular formula is C31H33FN2O7S. The molecule has 11 heteroatoms. The molecule has 1 aromatic heterocycles. The summed E-state index contributed by atoms with van der Waals surface area (Å²) < 4.78 is 31.1. The molecule has 0 bridgehead atoms. The van der Waals surface area contributed by atoms with Gasteiger partial charge in [-0.05, 0) is 56.5 Å². The Morgan fingerprint density at radius 1 is 1.10 bits per heavy atom. The van der Waals surface area contributed by atoms with Gasteiger partial charge in [-0.1, -0.05) is 49.3 Å². The van der Waals surface area contributed by atoms with Crippen molar-refractivity contribution in [2.45, 2.75) is 53.0 Å². The third-order valence-electron chi connectivity index (χ3n) is 6.85. The van der Waals surface area contributed by atoms with Gasteiger partial charge in [-0.15, -0.1) is 0 Å². The number of unbranched alkanes of at least 4 members (excludes halogenated alkanes) is 2. The fraction of sp³-hybridized carbons (Fsp3) is 0.355. The first-order valence-corrected chi connectivity index (χ1v) is 14.5. The summed E-state index contributed by atoms with van der Waals surface area (Å²) >= 11 is 0.899. The number of aryl methyl sites for hydroxylation is 2. The van der Waals surface area contributed by atoms with Gasteiger partial charge >= 0.3 is 11.9 Å². The number of benzene rings is 2. The van der Waals surface area contributed by atoms with Gasteiger partial charge in [-0.2, -0.15) is 0 Å². The van der Waals surface area contributed by atoms with Gasteiger partial charge in [-0.25, -0.2) is 14.2 Å². The fourth-order valence-electron chi connectivity index (χ4n) is 4.62. The van der Waals surface area contributed by atoms with Crippen LogP contribution in [-0.4, -0.2) is 48.1 Å².